The van der Waals surface area contributed by atoms with Crippen molar-refractivity contribution >= 4 is 25.7 Å². The van der Waals surface area contributed by atoms with Gasteiger partial charge >= 0.3 is 25.7 Å². The number of aliphatic carboxylic acids is 1. The third-order valence-electron chi connectivity index (χ3n) is 10.5. The number of carbonyl (C=O) groups is 3. The molecule has 2 fully saturated rings. The standard InChI is InChI=1S/C42H74NO13P/c1-3-5-7-8-9-10-11-12-13-14-15-16-21-25-40(45)51-30-34(31-52-57(49,50)53-32-37(43)42(47)48)54-41(46)26-22-18-17-20-24-35-36(39-29-38(35)55-56-39)28-27-33(44)23-19-6-4-2/h17,20,27-28,33-39,44H,3-16,18-19,21-26,29-32,43H2,1-2H3,(H,47,48)(H,49,50)/b20-17-,28-27+. The van der Waals surface area contributed by atoms with Crippen LogP contribution in [0.2, 0.25) is 0 Å². The Morgan fingerprint density at radius 1 is 0.772 bits per heavy atom. The predicted molar refractivity (Wildman–Crippen MR) is 217 cm³/mol. The summed E-state index contributed by atoms with van der Waals surface area (Å²) >= 11 is 0. The van der Waals surface area contributed by atoms with E-state index >= 15 is 0 Å². The van der Waals surface area contributed by atoms with Crippen LogP contribution in [0, 0.1) is 11.8 Å². The molecule has 14 nitrogen and oxygen atoms in total. The molecule has 15 heteroatoms. The van der Waals surface area contributed by atoms with E-state index < -0.39 is 63.8 Å². The van der Waals surface area contributed by atoms with Crippen molar-refractivity contribution in [1.29, 1.82) is 0 Å². The van der Waals surface area contributed by atoms with Crippen molar-refractivity contribution in [2.24, 2.45) is 17.6 Å². The molecule has 1 saturated carbocycles. The first kappa shape index (κ1) is 51.0. The molecule has 2 bridgehead atoms. The maximum absolute atomic E-state index is 12.8. The summed E-state index contributed by atoms with van der Waals surface area (Å²) in [5, 5.41) is 19.3. The molecule has 8 unspecified atom stereocenters. The maximum Gasteiger partial charge on any atom is 0.472 e. The number of aliphatic hydroxyl groups is 1. The first-order valence-electron chi connectivity index (χ1n) is 21.7. The molecule has 2 rings (SSSR count). The summed E-state index contributed by atoms with van der Waals surface area (Å²) in [6.45, 7) is 2.56. The van der Waals surface area contributed by atoms with E-state index in [2.05, 4.69) is 30.5 Å². The topological polar surface area (TPSA) is 210 Å². The average molecular weight is 832 g/mol. The molecular weight excluding hydrogens is 757 g/mol. The number of aliphatic hydroxyl groups excluding tert-OH is 1. The van der Waals surface area contributed by atoms with Crippen molar-refractivity contribution in [2.45, 2.75) is 192 Å². The lowest BCUT2D eigenvalue weighted by atomic mass is 9.89. The Balaban J connectivity index is 1.74. The first-order chi connectivity index (χ1) is 27.5. The van der Waals surface area contributed by atoms with Gasteiger partial charge in [0, 0.05) is 31.1 Å². The zero-order valence-electron chi connectivity index (χ0n) is 34.7. The van der Waals surface area contributed by atoms with Crippen molar-refractivity contribution in [2.75, 3.05) is 19.8 Å². The Hall–Kier alpha value is -2.16. The summed E-state index contributed by atoms with van der Waals surface area (Å²) in [4.78, 5) is 57.2. The van der Waals surface area contributed by atoms with E-state index in [4.69, 9.17) is 34.6 Å². The van der Waals surface area contributed by atoms with Gasteiger partial charge in [0.25, 0.3) is 0 Å². The normalized spacial score (nSPS) is 21.8. The molecule has 0 aromatic rings. The van der Waals surface area contributed by atoms with Gasteiger partial charge in [0.15, 0.2) is 6.10 Å². The Morgan fingerprint density at radius 2 is 1.35 bits per heavy atom. The van der Waals surface area contributed by atoms with E-state index in [9.17, 15) is 28.9 Å². The number of carboxylic acids is 1. The number of phosphoric acid groups is 1. The summed E-state index contributed by atoms with van der Waals surface area (Å²) in [7, 11) is -4.76. The highest BCUT2D eigenvalue weighted by Crippen LogP contribution is 2.45. The van der Waals surface area contributed by atoms with Crippen LogP contribution in [0.4, 0.5) is 0 Å². The number of hydrogen-bond acceptors (Lipinski definition) is 12. The quantitative estimate of drug-likeness (QED) is 0.0154. The Morgan fingerprint density at radius 3 is 2.00 bits per heavy atom. The number of rotatable bonds is 36. The molecule has 0 aromatic carbocycles. The lowest BCUT2D eigenvalue weighted by Gasteiger charge is -2.27. The fourth-order valence-corrected chi connectivity index (χ4v) is 7.85. The van der Waals surface area contributed by atoms with E-state index in [-0.39, 0.29) is 36.9 Å². The largest absolute Gasteiger partial charge is 0.480 e. The second kappa shape index (κ2) is 30.8. The van der Waals surface area contributed by atoms with Gasteiger partial charge < -0.3 is 30.3 Å². The molecule has 5 N–H and O–H groups in total. The third kappa shape index (κ3) is 23.9. The zero-order valence-corrected chi connectivity index (χ0v) is 35.6. The first-order valence-corrected chi connectivity index (χ1v) is 23.2. The van der Waals surface area contributed by atoms with Gasteiger partial charge in [0.05, 0.1) is 25.4 Å². The van der Waals surface area contributed by atoms with Crippen LogP contribution in [0.25, 0.3) is 0 Å². The van der Waals surface area contributed by atoms with Gasteiger partial charge in [0.1, 0.15) is 18.8 Å². The van der Waals surface area contributed by atoms with Crippen LogP contribution in [0.5, 0.6) is 0 Å². The number of allylic oxidation sites excluding steroid dienone is 2. The molecule has 1 saturated heterocycles. The highest BCUT2D eigenvalue weighted by atomic mass is 31.2. The van der Waals surface area contributed by atoms with E-state index in [1.807, 2.05) is 12.2 Å². The SMILES string of the molecule is CCCCCCCCCCCCCCCC(=O)OCC(COP(=O)(O)OCC(N)C(=O)O)OC(=O)CCC/C=C\CC1C2CC(OO2)C1/C=C/C(O)CCCCC. The van der Waals surface area contributed by atoms with E-state index in [0.717, 1.165) is 57.8 Å². The Kier molecular flexibility index (Phi) is 27.6. The van der Waals surface area contributed by atoms with Crippen molar-refractivity contribution < 1.29 is 62.4 Å². The summed E-state index contributed by atoms with van der Waals surface area (Å²) in [6, 6.07) is -1.55. The summed E-state index contributed by atoms with van der Waals surface area (Å²) in [5.41, 5.74) is 5.34. The molecule has 1 aliphatic carbocycles. The molecule has 1 aliphatic heterocycles. The highest BCUT2D eigenvalue weighted by molar-refractivity contribution is 7.47. The summed E-state index contributed by atoms with van der Waals surface area (Å²) < 4.78 is 32.8. The van der Waals surface area contributed by atoms with E-state index in [0.29, 0.717) is 19.3 Å². The van der Waals surface area contributed by atoms with Gasteiger partial charge in [0.2, 0.25) is 0 Å². The number of carboxylic acid groups (broad SMARTS) is 1. The summed E-state index contributed by atoms with van der Waals surface area (Å²) in [5.74, 6) is -2.13. The molecule has 1 heterocycles. The van der Waals surface area contributed by atoms with Crippen LogP contribution in [-0.4, -0.2) is 83.3 Å². The average Bonchev–Trinajstić information content (AvgIpc) is 3.79. The number of unbranched alkanes of at least 4 members (excludes halogenated alkanes) is 15. The fourth-order valence-electron chi connectivity index (χ4n) is 7.08. The Labute approximate surface area is 341 Å². The highest BCUT2D eigenvalue weighted by Gasteiger charge is 2.49. The van der Waals surface area contributed by atoms with Gasteiger partial charge in [-0.25, -0.2) is 14.3 Å². The number of ether oxygens (including phenoxy) is 2. The lowest BCUT2D eigenvalue weighted by molar-refractivity contribution is -0.336. The van der Waals surface area contributed by atoms with Gasteiger partial charge in [-0.15, -0.1) is 0 Å². The molecule has 2 aliphatic rings. The number of esters is 2. The van der Waals surface area contributed by atoms with Crippen LogP contribution in [0.1, 0.15) is 162 Å². The minimum atomic E-state index is -4.76. The lowest BCUT2D eigenvalue weighted by Crippen LogP contribution is -2.34. The minimum Gasteiger partial charge on any atom is -0.480 e. The van der Waals surface area contributed by atoms with Crippen LogP contribution in [-0.2, 0) is 47.2 Å². The van der Waals surface area contributed by atoms with E-state index in [1.165, 1.54) is 57.8 Å². The maximum atomic E-state index is 12.8. The molecule has 8 atom stereocenters. The van der Waals surface area contributed by atoms with Crippen molar-refractivity contribution in [1.82, 2.24) is 0 Å². The van der Waals surface area contributed by atoms with Crippen LogP contribution in [0.3, 0.4) is 0 Å². The van der Waals surface area contributed by atoms with E-state index in [1.54, 1.807) is 0 Å². The van der Waals surface area contributed by atoms with Gasteiger partial charge in [-0.1, -0.05) is 134 Å². The van der Waals surface area contributed by atoms with Crippen molar-refractivity contribution in [3.05, 3.63) is 24.3 Å². The number of nitrogens with two attached hydrogens (primary N) is 1. The molecule has 0 amide bonds. The number of hydrogen-bond donors (Lipinski definition) is 4. The van der Waals surface area contributed by atoms with Gasteiger partial charge in [-0.2, -0.15) is 0 Å². The number of phosphoric ester groups is 1. The zero-order chi connectivity index (χ0) is 41.7. The molecular formula is C42H74NO13P. The van der Waals surface area contributed by atoms with Crippen molar-refractivity contribution in [3.8, 4) is 0 Å². The molecule has 0 spiro atoms. The minimum absolute atomic E-state index is 0.00216. The molecule has 0 aromatic heterocycles. The monoisotopic (exact) mass is 831 g/mol. The molecule has 57 heavy (non-hydrogen) atoms. The van der Waals surface area contributed by atoms with Crippen molar-refractivity contribution in [3.63, 3.8) is 0 Å². The van der Waals surface area contributed by atoms with Gasteiger partial charge in [-0.3, -0.25) is 23.4 Å². The fraction of sp³-hybridized carbons (Fsp3) is 0.833. The van der Waals surface area contributed by atoms with Crippen LogP contribution >= 0.6 is 7.82 Å². The summed E-state index contributed by atoms with van der Waals surface area (Å²) in [6.07, 6.45) is 28.5. The third-order valence-corrected chi connectivity index (χ3v) is 11.5. The van der Waals surface area contributed by atoms with Crippen LogP contribution in [0.15, 0.2) is 24.3 Å². The molecule has 0 radical (unpaired) electrons. The number of fused-ring (bicyclic) bond motifs is 2. The molecule has 330 valence electrons. The Bertz CT molecular complexity index is 1220. The number of carbonyl (C=O) groups excluding carboxylic acids is 2. The second-order valence-corrected chi connectivity index (χ2v) is 17.0. The predicted octanol–water partition coefficient (Wildman–Crippen LogP) is 8.42. The smallest absolute Gasteiger partial charge is 0.472 e. The second-order valence-electron chi connectivity index (χ2n) is 15.6. The van der Waals surface area contributed by atoms with Crippen LogP contribution < -0.4 is 5.73 Å². The van der Waals surface area contributed by atoms with Gasteiger partial charge in [-0.05, 0) is 32.1 Å².